The zero-order valence-electron chi connectivity index (χ0n) is 20.7. The fourth-order valence-electron chi connectivity index (χ4n) is 5.16. The van der Waals surface area contributed by atoms with Crippen molar-refractivity contribution in [1.29, 1.82) is 0 Å². The highest BCUT2D eigenvalue weighted by Crippen LogP contribution is 2.38. The maximum atomic E-state index is 11.3. The monoisotopic (exact) mass is 466 g/mol. The predicted octanol–water partition coefficient (Wildman–Crippen LogP) is 6.80. The number of hydrogen-bond acceptors (Lipinski definition) is 4. The quantitative estimate of drug-likeness (QED) is 0.273. The molecule has 6 atom stereocenters. The second-order valence-electron chi connectivity index (χ2n) is 9.59. The molecule has 0 bridgehead atoms. The van der Waals surface area contributed by atoms with Crippen LogP contribution in [0.3, 0.4) is 0 Å². The highest BCUT2D eigenvalue weighted by molar-refractivity contribution is 5.69. The van der Waals surface area contributed by atoms with E-state index in [0.717, 1.165) is 43.9 Å². The Kier molecular flexibility index (Phi) is 16.9. The summed E-state index contributed by atoms with van der Waals surface area (Å²) >= 11 is 0. The van der Waals surface area contributed by atoms with E-state index >= 15 is 0 Å². The summed E-state index contributed by atoms with van der Waals surface area (Å²) in [6.45, 7) is 6.58. The average molecular weight is 467 g/mol. The summed E-state index contributed by atoms with van der Waals surface area (Å²) in [5.41, 5.74) is 0. The van der Waals surface area contributed by atoms with E-state index in [2.05, 4.69) is 45.1 Å². The molecular weight excluding hydrogens is 416 g/mol. The molecular formula is C28H50O5. The number of rotatable bonds is 10. The van der Waals surface area contributed by atoms with Crippen molar-refractivity contribution in [2.24, 2.45) is 29.6 Å². The first kappa shape index (κ1) is 31.4. The van der Waals surface area contributed by atoms with Crippen LogP contribution in [0.5, 0.6) is 0 Å². The molecule has 2 aliphatic carbocycles. The zero-order valence-corrected chi connectivity index (χ0v) is 20.7. The number of carboxylic acid groups (broad SMARTS) is 1. The number of carboxylic acids is 1. The van der Waals surface area contributed by atoms with Gasteiger partial charge in [0.25, 0.3) is 0 Å². The van der Waals surface area contributed by atoms with Crippen LogP contribution in [0.2, 0.25) is 0 Å². The van der Waals surface area contributed by atoms with Crippen LogP contribution in [0.25, 0.3) is 0 Å². The average Bonchev–Trinajstić information content (AvgIpc) is 3.09. The topological polar surface area (TPSA) is 83.8 Å². The number of ether oxygens (including phenoxy) is 1. The van der Waals surface area contributed by atoms with E-state index in [1.807, 2.05) is 0 Å². The third-order valence-corrected chi connectivity index (χ3v) is 7.18. The van der Waals surface area contributed by atoms with Crippen molar-refractivity contribution in [3.8, 4) is 0 Å². The van der Waals surface area contributed by atoms with Gasteiger partial charge >= 0.3 is 11.9 Å². The minimum absolute atomic E-state index is 0. The second-order valence-corrected chi connectivity index (χ2v) is 9.59. The number of hydrogen-bond donors (Lipinski definition) is 2. The van der Waals surface area contributed by atoms with Gasteiger partial charge in [-0.05, 0) is 81.0 Å². The SMILES string of the molecule is C.CC/C=C\CC1C(O)CCC1CC(=O)O.CC/C=C\CC1CC(CC(=O)OC)CCC1C. The van der Waals surface area contributed by atoms with Gasteiger partial charge in [0, 0.05) is 12.8 Å². The molecule has 5 nitrogen and oxygen atoms in total. The number of aliphatic carboxylic acids is 1. The van der Waals surface area contributed by atoms with Crippen molar-refractivity contribution in [1.82, 2.24) is 0 Å². The van der Waals surface area contributed by atoms with E-state index in [9.17, 15) is 14.7 Å². The Labute approximate surface area is 202 Å². The second kappa shape index (κ2) is 17.8. The van der Waals surface area contributed by atoms with Gasteiger partial charge in [0.15, 0.2) is 0 Å². The number of methoxy groups -OCH3 is 1. The van der Waals surface area contributed by atoms with Crippen molar-refractivity contribution in [2.45, 2.75) is 105 Å². The molecule has 0 aromatic carbocycles. The predicted molar refractivity (Wildman–Crippen MR) is 136 cm³/mol. The van der Waals surface area contributed by atoms with Crippen molar-refractivity contribution >= 4 is 11.9 Å². The maximum Gasteiger partial charge on any atom is 0.305 e. The summed E-state index contributed by atoms with van der Waals surface area (Å²) in [6.07, 6.45) is 18.5. The largest absolute Gasteiger partial charge is 0.481 e. The summed E-state index contributed by atoms with van der Waals surface area (Å²) < 4.78 is 4.76. The van der Waals surface area contributed by atoms with Crippen LogP contribution in [-0.4, -0.2) is 35.4 Å². The molecule has 0 aromatic heterocycles. The Bertz CT molecular complexity index is 597. The molecule has 5 heteroatoms. The summed E-state index contributed by atoms with van der Waals surface area (Å²) in [5.74, 6) is 1.58. The van der Waals surface area contributed by atoms with Crippen molar-refractivity contribution in [3.63, 3.8) is 0 Å². The van der Waals surface area contributed by atoms with Gasteiger partial charge in [-0.2, -0.15) is 0 Å². The fourth-order valence-corrected chi connectivity index (χ4v) is 5.16. The van der Waals surface area contributed by atoms with Gasteiger partial charge in [-0.15, -0.1) is 0 Å². The van der Waals surface area contributed by atoms with E-state index in [1.165, 1.54) is 32.8 Å². The van der Waals surface area contributed by atoms with Crippen LogP contribution in [0.1, 0.15) is 98.8 Å². The van der Waals surface area contributed by atoms with Gasteiger partial charge in [0.1, 0.15) is 0 Å². The molecule has 0 aliphatic heterocycles. The van der Waals surface area contributed by atoms with Crippen LogP contribution >= 0.6 is 0 Å². The smallest absolute Gasteiger partial charge is 0.305 e. The summed E-state index contributed by atoms with van der Waals surface area (Å²) in [5, 5.41) is 18.5. The highest BCUT2D eigenvalue weighted by Gasteiger charge is 2.35. The van der Waals surface area contributed by atoms with Gasteiger partial charge in [-0.3, -0.25) is 9.59 Å². The lowest BCUT2D eigenvalue weighted by molar-refractivity contribution is -0.142. The van der Waals surface area contributed by atoms with Gasteiger partial charge in [0.2, 0.25) is 0 Å². The third kappa shape index (κ3) is 12.4. The summed E-state index contributed by atoms with van der Waals surface area (Å²) in [7, 11) is 1.48. The number of allylic oxidation sites excluding steroid dienone is 4. The summed E-state index contributed by atoms with van der Waals surface area (Å²) in [4.78, 5) is 21.9. The Balaban J connectivity index is 0.000000607. The third-order valence-electron chi connectivity index (χ3n) is 7.18. The number of aliphatic hydroxyl groups excluding tert-OH is 1. The lowest BCUT2D eigenvalue weighted by atomic mass is 9.72. The first-order valence-corrected chi connectivity index (χ1v) is 12.6. The molecule has 0 aromatic rings. The zero-order chi connectivity index (χ0) is 23.9. The molecule has 2 rings (SSSR count). The molecule has 0 heterocycles. The van der Waals surface area contributed by atoms with E-state index < -0.39 is 5.97 Å². The standard InChI is InChI=1S/C15H26O2.C12H20O3.CH4/c1-4-5-6-7-14-10-13(9-8-12(14)2)11-15(16)17-3;1-2-3-4-5-10-9(8-12(14)15)6-7-11(10)13;/h5-6,12-14H,4,7-11H2,1-3H3;3-4,9-11,13H,2,5-8H2,1H3,(H,14,15);1H4/b6-5-;4-3-;. The molecule has 0 radical (unpaired) electrons. The Morgan fingerprint density at radius 2 is 1.55 bits per heavy atom. The van der Waals surface area contributed by atoms with Gasteiger partial charge in [-0.1, -0.05) is 58.9 Å². The van der Waals surface area contributed by atoms with Gasteiger partial charge in [0.05, 0.1) is 13.2 Å². The van der Waals surface area contributed by atoms with Crippen LogP contribution < -0.4 is 0 Å². The van der Waals surface area contributed by atoms with Crippen LogP contribution in [0.4, 0.5) is 0 Å². The van der Waals surface area contributed by atoms with Crippen LogP contribution in [-0.2, 0) is 14.3 Å². The molecule has 2 N–H and O–H groups in total. The molecule has 2 aliphatic rings. The fraction of sp³-hybridized carbons (Fsp3) is 0.786. The van der Waals surface area contributed by atoms with Gasteiger partial charge < -0.3 is 14.9 Å². The Morgan fingerprint density at radius 3 is 2.12 bits per heavy atom. The highest BCUT2D eigenvalue weighted by atomic mass is 16.5. The van der Waals surface area contributed by atoms with Gasteiger partial charge in [-0.25, -0.2) is 0 Å². The Hall–Kier alpha value is -1.62. The van der Waals surface area contributed by atoms with Crippen molar-refractivity contribution < 1.29 is 24.5 Å². The van der Waals surface area contributed by atoms with Crippen molar-refractivity contribution in [3.05, 3.63) is 24.3 Å². The molecule has 33 heavy (non-hydrogen) atoms. The molecule has 0 saturated heterocycles. The van der Waals surface area contributed by atoms with Crippen molar-refractivity contribution in [2.75, 3.05) is 7.11 Å². The molecule has 2 fully saturated rings. The molecule has 192 valence electrons. The lowest BCUT2D eigenvalue weighted by Crippen LogP contribution is -2.24. The number of aliphatic hydroxyl groups is 1. The lowest BCUT2D eigenvalue weighted by Gasteiger charge is -2.33. The summed E-state index contributed by atoms with van der Waals surface area (Å²) in [6, 6.07) is 0. The number of carbonyl (C=O) groups is 2. The maximum absolute atomic E-state index is 11.3. The minimum atomic E-state index is -0.751. The first-order valence-electron chi connectivity index (χ1n) is 12.6. The molecule has 0 spiro atoms. The van der Waals surface area contributed by atoms with Crippen LogP contribution in [0.15, 0.2) is 24.3 Å². The normalized spacial score (nSPS) is 29.4. The minimum Gasteiger partial charge on any atom is -0.481 e. The molecule has 0 amide bonds. The number of esters is 1. The van der Waals surface area contributed by atoms with E-state index in [-0.39, 0.29) is 37.8 Å². The number of carbonyl (C=O) groups excluding carboxylic acids is 1. The Morgan fingerprint density at radius 1 is 0.909 bits per heavy atom. The van der Waals surface area contributed by atoms with E-state index in [4.69, 9.17) is 9.84 Å². The van der Waals surface area contributed by atoms with Crippen LogP contribution in [0, 0.1) is 29.6 Å². The molecule has 2 saturated carbocycles. The van der Waals surface area contributed by atoms with E-state index in [0.29, 0.717) is 12.3 Å². The molecule has 6 unspecified atom stereocenters. The first-order chi connectivity index (χ1) is 15.3. The van der Waals surface area contributed by atoms with E-state index in [1.54, 1.807) is 0 Å².